The molecule has 5 heteroatoms. The van der Waals surface area contributed by atoms with Crippen molar-refractivity contribution in [3.05, 3.63) is 53.0 Å². The molecule has 0 fully saturated rings. The molecule has 1 aromatic carbocycles. The SMILES string of the molecule is Cc1cc(-c2ccn(C)n2)nc2cc(-c3cscn3)ccc12. The molecule has 0 spiro atoms. The van der Waals surface area contributed by atoms with Crippen molar-refractivity contribution in [3.8, 4) is 22.6 Å². The molecule has 4 nitrogen and oxygen atoms in total. The van der Waals surface area contributed by atoms with Gasteiger partial charge in [0.05, 0.1) is 22.4 Å². The molecule has 0 atom stereocenters. The summed E-state index contributed by atoms with van der Waals surface area (Å²) in [4.78, 5) is 9.16. The molecule has 0 saturated carbocycles. The number of aromatic nitrogens is 4. The molecule has 3 heterocycles. The Morgan fingerprint density at radius 1 is 1.05 bits per heavy atom. The number of hydrogen-bond donors (Lipinski definition) is 0. The molecule has 108 valence electrons. The summed E-state index contributed by atoms with van der Waals surface area (Å²) in [5, 5.41) is 7.66. The van der Waals surface area contributed by atoms with E-state index in [2.05, 4.69) is 46.7 Å². The second-order valence-electron chi connectivity index (χ2n) is 5.30. The van der Waals surface area contributed by atoms with Crippen molar-refractivity contribution in [1.29, 1.82) is 0 Å². The zero-order valence-corrected chi connectivity index (χ0v) is 13.1. The largest absolute Gasteiger partial charge is 0.275 e. The molecular formula is C17H14N4S. The summed E-state index contributed by atoms with van der Waals surface area (Å²) >= 11 is 1.60. The van der Waals surface area contributed by atoms with Gasteiger partial charge in [0, 0.05) is 29.6 Å². The molecule has 4 aromatic rings. The minimum absolute atomic E-state index is 0.895. The molecule has 0 N–H and O–H groups in total. The Hall–Kier alpha value is -2.53. The molecule has 0 aliphatic heterocycles. The molecular weight excluding hydrogens is 292 g/mol. The third-order valence-corrected chi connectivity index (χ3v) is 4.31. The summed E-state index contributed by atoms with van der Waals surface area (Å²) in [6.07, 6.45) is 1.93. The van der Waals surface area contributed by atoms with Gasteiger partial charge in [0.2, 0.25) is 0 Å². The summed E-state index contributed by atoms with van der Waals surface area (Å²) in [7, 11) is 1.91. The topological polar surface area (TPSA) is 43.6 Å². The first kappa shape index (κ1) is 13.2. The second kappa shape index (κ2) is 5.03. The first-order chi connectivity index (χ1) is 10.7. The van der Waals surface area contributed by atoms with E-state index < -0.39 is 0 Å². The molecule has 0 aliphatic carbocycles. The minimum atomic E-state index is 0.895. The van der Waals surface area contributed by atoms with Crippen LogP contribution in [0.3, 0.4) is 0 Å². The Labute approximate surface area is 132 Å². The lowest BCUT2D eigenvalue weighted by atomic mass is 10.0. The fraction of sp³-hybridized carbons (Fsp3) is 0.118. The predicted molar refractivity (Wildman–Crippen MR) is 89.8 cm³/mol. The number of aryl methyl sites for hydroxylation is 2. The lowest BCUT2D eigenvalue weighted by molar-refractivity contribution is 0.770. The maximum atomic E-state index is 4.79. The summed E-state index contributed by atoms with van der Waals surface area (Å²) in [6, 6.07) is 10.4. The molecule has 3 aromatic heterocycles. The van der Waals surface area contributed by atoms with Gasteiger partial charge >= 0.3 is 0 Å². The number of thiazole rings is 1. The Morgan fingerprint density at radius 3 is 2.68 bits per heavy atom. The molecule has 0 unspecified atom stereocenters. The highest BCUT2D eigenvalue weighted by atomic mass is 32.1. The molecule has 0 radical (unpaired) electrons. The normalized spacial score (nSPS) is 11.2. The van der Waals surface area contributed by atoms with Crippen molar-refractivity contribution in [2.75, 3.05) is 0 Å². The molecule has 0 amide bonds. The smallest absolute Gasteiger partial charge is 0.111 e. The highest BCUT2D eigenvalue weighted by Crippen LogP contribution is 2.27. The summed E-state index contributed by atoms with van der Waals surface area (Å²) in [5.74, 6) is 0. The van der Waals surface area contributed by atoms with Crippen LogP contribution in [0.2, 0.25) is 0 Å². The van der Waals surface area contributed by atoms with Gasteiger partial charge in [0.15, 0.2) is 0 Å². The Morgan fingerprint density at radius 2 is 1.95 bits per heavy atom. The van der Waals surface area contributed by atoms with Crippen LogP contribution in [-0.4, -0.2) is 19.7 Å². The Bertz CT molecular complexity index is 954. The van der Waals surface area contributed by atoms with E-state index in [1.54, 1.807) is 16.0 Å². The highest BCUT2D eigenvalue weighted by molar-refractivity contribution is 7.07. The highest BCUT2D eigenvalue weighted by Gasteiger charge is 2.09. The van der Waals surface area contributed by atoms with Gasteiger partial charge in [-0.3, -0.25) is 4.68 Å². The number of rotatable bonds is 2. The van der Waals surface area contributed by atoms with Crippen molar-refractivity contribution in [3.63, 3.8) is 0 Å². The number of nitrogens with zero attached hydrogens (tertiary/aromatic N) is 4. The van der Waals surface area contributed by atoms with Crippen LogP contribution in [0.4, 0.5) is 0 Å². The molecule has 0 bridgehead atoms. The van der Waals surface area contributed by atoms with Crippen LogP contribution in [0.15, 0.2) is 47.4 Å². The summed E-state index contributed by atoms with van der Waals surface area (Å²) < 4.78 is 1.79. The zero-order chi connectivity index (χ0) is 15.1. The first-order valence-corrected chi connectivity index (χ1v) is 7.95. The van der Waals surface area contributed by atoms with E-state index >= 15 is 0 Å². The van der Waals surface area contributed by atoms with Gasteiger partial charge in [-0.25, -0.2) is 9.97 Å². The van der Waals surface area contributed by atoms with Gasteiger partial charge in [-0.15, -0.1) is 11.3 Å². The van der Waals surface area contributed by atoms with Crippen LogP contribution in [0.5, 0.6) is 0 Å². The van der Waals surface area contributed by atoms with Crippen LogP contribution in [0.25, 0.3) is 33.5 Å². The van der Waals surface area contributed by atoms with E-state index in [1.165, 1.54) is 10.9 Å². The monoisotopic (exact) mass is 306 g/mol. The molecule has 22 heavy (non-hydrogen) atoms. The van der Waals surface area contributed by atoms with E-state index in [0.717, 1.165) is 28.2 Å². The van der Waals surface area contributed by atoms with Crippen LogP contribution in [-0.2, 0) is 7.05 Å². The second-order valence-corrected chi connectivity index (χ2v) is 6.02. The van der Waals surface area contributed by atoms with Crippen LogP contribution in [0.1, 0.15) is 5.56 Å². The quantitative estimate of drug-likeness (QED) is 0.561. The van der Waals surface area contributed by atoms with Crippen LogP contribution in [0, 0.1) is 6.92 Å². The molecule has 0 saturated heterocycles. The maximum absolute atomic E-state index is 4.79. The lowest BCUT2D eigenvalue weighted by Crippen LogP contribution is -1.92. The molecule has 0 aliphatic rings. The Balaban J connectivity index is 1.91. The maximum Gasteiger partial charge on any atom is 0.111 e. The van der Waals surface area contributed by atoms with E-state index in [4.69, 9.17) is 4.98 Å². The summed E-state index contributed by atoms with van der Waals surface area (Å²) in [6.45, 7) is 2.11. The third kappa shape index (κ3) is 2.19. The van der Waals surface area contributed by atoms with Crippen molar-refractivity contribution in [2.45, 2.75) is 6.92 Å². The van der Waals surface area contributed by atoms with Crippen LogP contribution < -0.4 is 0 Å². The number of hydrogen-bond acceptors (Lipinski definition) is 4. The fourth-order valence-corrected chi connectivity index (χ4v) is 3.16. The van der Waals surface area contributed by atoms with E-state index in [1.807, 2.05) is 24.8 Å². The van der Waals surface area contributed by atoms with Gasteiger partial charge in [-0.05, 0) is 30.7 Å². The van der Waals surface area contributed by atoms with Gasteiger partial charge in [0.25, 0.3) is 0 Å². The Kier molecular flexibility index (Phi) is 3.01. The van der Waals surface area contributed by atoms with E-state index in [9.17, 15) is 0 Å². The van der Waals surface area contributed by atoms with Gasteiger partial charge < -0.3 is 0 Å². The number of pyridine rings is 1. The fourth-order valence-electron chi connectivity index (χ4n) is 2.60. The number of benzene rings is 1. The zero-order valence-electron chi connectivity index (χ0n) is 12.3. The van der Waals surface area contributed by atoms with E-state index in [0.29, 0.717) is 0 Å². The third-order valence-electron chi connectivity index (χ3n) is 3.72. The summed E-state index contributed by atoms with van der Waals surface area (Å²) in [5.41, 5.74) is 7.92. The van der Waals surface area contributed by atoms with Gasteiger partial charge in [-0.1, -0.05) is 12.1 Å². The van der Waals surface area contributed by atoms with Crippen LogP contribution >= 0.6 is 11.3 Å². The van der Waals surface area contributed by atoms with Crippen molar-refractivity contribution < 1.29 is 0 Å². The van der Waals surface area contributed by atoms with Gasteiger partial charge in [-0.2, -0.15) is 5.10 Å². The minimum Gasteiger partial charge on any atom is -0.275 e. The standard InChI is InChI=1S/C17H14N4S/c1-11-7-16(14-5-6-21(2)20-14)19-15-8-12(3-4-13(11)15)17-9-22-10-18-17/h3-10H,1-2H3. The van der Waals surface area contributed by atoms with Crippen molar-refractivity contribution in [2.24, 2.45) is 7.05 Å². The lowest BCUT2D eigenvalue weighted by Gasteiger charge is -2.06. The van der Waals surface area contributed by atoms with Gasteiger partial charge in [0.1, 0.15) is 5.69 Å². The predicted octanol–water partition coefficient (Wildman–Crippen LogP) is 4.07. The number of fused-ring (bicyclic) bond motifs is 1. The average molecular weight is 306 g/mol. The first-order valence-electron chi connectivity index (χ1n) is 7.01. The van der Waals surface area contributed by atoms with E-state index in [-0.39, 0.29) is 0 Å². The van der Waals surface area contributed by atoms with Crippen molar-refractivity contribution in [1.82, 2.24) is 19.7 Å². The average Bonchev–Trinajstić information content (AvgIpc) is 3.18. The van der Waals surface area contributed by atoms with Crippen molar-refractivity contribution >= 4 is 22.2 Å². The molecule has 4 rings (SSSR count).